The van der Waals surface area contributed by atoms with Gasteiger partial charge in [0.25, 0.3) is 0 Å². The van der Waals surface area contributed by atoms with Gasteiger partial charge in [-0.3, -0.25) is 0 Å². The van der Waals surface area contributed by atoms with Crippen LogP contribution in [0.5, 0.6) is 28.7 Å². The zero-order valence-electron chi connectivity index (χ0n) is 20.2. The number of benzene rings is 3. The van der Waals surface area contributed by atoms with Crippen LogP contribution in [0.4, 0.5) is 5.69 Å². The largest absolute Gasteiger partial charge is 0.493 e. The third-order valence-corrected chi connectivity index (χ3v) is 6.12. The number of fused-ring (bicyclic) bond motifs is 3. The van der Waals surface area contributed by atoms with Gasteiger partial charge in [-0.25, -0.2) is 0 Å². The molecule has 0 saturated heterocycles. The lowest BCUT2D eigenvalue weighted by atomic mass is 9.90. The molecule has 0 radical (unpaired) electrons. The molecule has 4 rings (SSSR count). The molecule has 3 aromatic carbocycles. The van der Waals surface area contributed by atoms with E-state index in [1.165, 1.54) is 27.9 Å². The van der Waals surface area contributed by atoms with E-state index >= 15 is 0 Å². The fraction of sp³-hybridized carbons (Fsp3) is 0.333. The van der Waals surface area contributed by atoms with Gasteiger partial charge in [-0.1, -0.05) is 31.2 Å². The van der Waals surface area contributed by atoms with Crippen LogP contribution in [0, 0.1) is 0 Å². The fourth-order valence-electron chi connectivity index (χ4n) is 4.61. The van der Waals surface area contributed by atoms with E-state index in [0.717, 1.165) is 24.3 Å². The van der Waals surface area contributed by atoms with Crippen molar-refractivity contribution in [2.45, 2.75) is 26.5 Å². The number of aryl methyl sites for hydroxylation is 1. The molecule has 0 fully saturated rings. The standard InChI is InChI=1S/C27H31NO5/c1-7-17-9-8-10-22-21-12-11-20(13-18(21)15-28(2)24(17)22)33-16-19-14-23(29-3)26(31-5)27(32-6)25(19)30-4/h8-14H,7,15-16H2,1-6H3. The second-order valence-electron chi connectivity index (χ2n) is 7.97. The Balaban J connectivity index is 1.65. The maximum atomic E-state index is 6.19. The Morgan fingerprint density at radius 2 is 1.55 bits per heavy atom. The molecule has 0 atom stereocenters. The molecule has 0 unspecified atom stereocenters. The van der Waals surface area contributed by atoms with Crippen LogP contribution in [0.2, 0.25) is 0 Å². The van der Waals surface area contributed by atoms with Crippen molar-refractivity contribution in [2.24, 2.45) is 0 Å². The molecule has 1 heterocycles. The average Bonchev–Trinajstić information content (AvgIpc) is 2.85. The number of methoxy groups -OCH3 is 4. The van der Waals surface area contributed by atoms with E-state index in [-0.39, 0.29) is 0 Å². The van der Waals surface area contributed by atoms with E-state index in [1.54, 1.807) is 28.4 Å². The Hall–Kier alpha value is -3.54. The summed E-state index contributed by atoms with van der Waals surface area (Å²) in [5, 5.41) is 0. The summed E-state index contributed by atoms with van der Waals surface area (Å²) in [6.07, 6.45) is 1.01. The second kappa shape index (κ2) is 9.53. The molecular formula is C27H31NO5. The van der Waals surface area contributed by atoms with Crippen LogP contribution >= 0.6 is 0 Å². The second-order valence-corrected chi connectivity index (χ2v) is 7.97. The maximum Gasteiger partial charge on any atom is 0.207 e. The van der Waals surface area contributed by atoms with Gasteiger partial charge in [-0.05, 0) is 41.3 Å². The monoisotopic (exact) mass is 449 g/mol. The van der Waals surface area contributed by atoms with E-state index in [2.05, 4.69) is 49.2 Å². The molecule has 0 N–H and O–H groups in total. The molecule has 6 nitrogen and oxygen atoms in total. The smallest absolute Gasteiger partial charge is 0.207 e. The van der Waals surface area contributed by atoms with Crippen LogP contribution in [0.3, 0.4) is 0 Å². The summed E-state index contributed by atoms with van der Waals surface area (Å²) in [6, 6.07) is 14.7. The van der Waals surface area contributed by atoms with E-state index in [0.29, 0.717) is 29.6 Å². The summed E-state index contributed by atoms with van der Waals surface area (Å²) in [5.74, 6) is 2.89. The summed E-state index contributed by atoms with van der Waals surface area (Å²) >= 11 is 0. The van der Waals surface area contributed by atoms with Crippen molar-refractivity contribution >= 4 is 5.69 Å². The molecule has 3 aromatic rings. The Kier molecular flexibility index (Phi) is 6.54. The number of nitrogens with zero attached hydrogens (tertiary/aromatic N) is 1. The molecule has 0 spiro atoms. The van der Waals surface area contributed by atoms with Crippen molar-refractivity contribution in [1.29, 1.82) is 0 Å². The van der Waals surface area contributed by atoms with E-state index in [4.69, 9.17) is 23.7 Å². The first-order valence-electron chi connectivity index (χ1n) is 11.0. The van der Waals surface area contributed by atoms with Crippen LogP contribution in [-0.2, 0) is 19.6 Å². The minimum absolute atomic E-state index is 0.297. The third-order valence-electron chi connectivity index (χ3n) is 6.12. The summed E-state index contributed by atoms with van der Waals surface area (Å²) in [4.78, 5) is 2.32. The molecule has 6 heteroatoms. The summed E-state index contributed by atoms with van der Waals surface area (Å²) in [5.41, 5.74) is 7.28. The number of ether oxygens (including phenoxy) is 5. The average molecular weight is 450 g/mol. The van der Waals surface area contributed by atoms with Gasteiger partial charge in [0.15, 0.2) is 11.5 Å². The van der Waals surface area contributed by atoms with Crippen molar-refractivity contribution in [3.8, 4) is 39.9 Å². The SMILES string of the molecule is CCc1cccc2c1N(C)Cc1cc(OCc3cc(OC)c(OC)c(OC)c3OC)ccc1-2. The van der Waals surface area contributed by atoms with Crippen LogP contribution in [0.25, 0.3) is 11.1 Å². The van der Waals surface area contributed by atoms with Gasteiger partial charge in [0, 0.05) is 30.4 Å². The van der Waals surface area contributed by atoms with Gasteiger partial charge in [-0.2, -0.15) is 0 Å². The molecule has 174 valence electrons. The van der Waals surface area contributed by atoms with Gasteiger partial charge in [-0.15, -0.1) is 0 Å². The first kappa shape index (κ1) is 22.6. The predicted octanol–water partition coefficient (Wildman–Crippen LogP) is 5.48. The van der Waals surface area contributed by atoms with Crippen molar-refractivity contribution in [3.05, 3.63) is 59.2 Å². The Labute approximate surface area is 195 Å². The van der Waals surface area contributed by atoms with Gasteiger partial charge in [0.1, 0.15) is 12.4 Å². The van der Waals surface area contributed by atoms with Crippen LogP contribution < -0.4 is 28.6 Å². The number of rotatable bonds is 8. The zero-order chi connectivity index (χ0) is 23.5. The Morgan fingerprint density at radius 3 is 2.21 bits per heavy atom. The Bertz CT molecular complexity index is 1160. The topological polar surface area (TPSA) is 49.4 Å². The molecule has 1 aliphatic rings. The summed E-state index contributed by atoms with van der Waals surface area (Å²) in [7, 11) is 8.49. The van der Waals surface area contributed by atoms with Crippen molar-refractivity contribution in [3.63, 3.8) is 0 Å². The predicted molar refractivity (Wildman–Crippen MR) is 130 cm³/mol. The molecule has 0 bridgehead atoms. The van der Waals surface area contributed by atoms with Gasteiger partial charge in [0.05, 0.1) is 28.4 Å². The first-order chi connectivity index (χ1) is 16.1. The fourth-order valence-corrected chi connectivity index (χ4v) is 4.61. The third kappa shape index (κ3) is 4.01. The number of hydrogen-bond donors (Lipinski definition) is 0. The summed E-state index contributed by atoms with van der Waals surface area (Å²) in [6.45, 7) is 3.34. The van der Waals surface area contributed by atoms with Gasteiger partial charge >= 0.3 is 0 Å². The highest BCUT2D eigenvalue weighted by atomic mass is 16.5. The minimum Gasteiger partial charge on any atom is -0.493 e. The van der Waals surface area contributed by atoms with Crippen molar-refractivity contribution < 1.29 is 23.7 Å². The van der Waals surface area contributed by atoms with Crippen molar-refractivity contribution in [2.75, 3.05) is 40.4 Å². The zero-order valence-corrected chi connectivity index (χ0v) is 20.2. The van der Waals surface area contributed by atoms with Gasteiger partial charge in [0.2, 0.25) is 11.5 Å². The van der Waals surface area contributed by atoms with Crippen LogP contribution in [0.15, 0.2) is 42.5 Å². The van der Waals surface area contributed by atoms with E-state index in [9.17, 15) is 0 Å². The normalized spacial score (nSPS) is 12.0. The highest BCUT2D eigenvalue weighted by Crippen LogP contribution is 2.47. The van der Waals surface area contributed by atoms with Gasteiger partial charge < -0.3 is 28.6 Å². The highest BCUT2D eigenvalue weighted by Gasteiger charge is 2.24. The summed E-state index contributed by atoms with van der Waals surface area (Å²) < 4.78 is 28.3. The molecule has 1 aliphatic heterocycles. The minimum atomic E-state index is 0.297. The quantitative estimate of drug-likeness (QED) is 0.454. The molecule has 0 aromatic heterocycles. The molecule has 0 saturated carbocycles. The first-order valence-corrected chi connectivity index (χ1v) is 11.0. The lowest BCUT2D eigenvalue weighted by molar-refractivity contribution is 0.278. The molecule has 0 amide bonds. The molecule has 33 heavy (non-hydrogen) atoms. The van der Waals surface area contributed by atoms with Crippen LogP contribution in [-0.4, -0.2) is 35.5 Å². The van der Waals surface area contributed by atoms with Crippen molar-refractivity contribution in [1.82, 2.24) is 0 Å². The van der Waals surface area contributed by atoms with E-state index in [1.807, 2.05) is 12.1 Å². The number of para-hydroxylation sites is 1. The number of anilines is 1. The molecular weight excluding hydrogens is 418 g/mol. The molecule has 0 aliphatic carbocycles. The maximum absolute atomic E-state index is 6.19. The number of hydrogen-bond acceptors (Lipinski definition) is 6. The lowest BCUT2D eigenvalue weighted by Gasteiger charge is -2.32. The lowest BCUT2D eigenvalue weighted by Crippen LogP contribution is -2.23. The van der Waals surface area contributed by atoms with Crippen LogP contribution in [0.1, 0.15) is 23.6 Å². The van der Waals surface area contributed by atoms with E-state index < -0.39 is 0 Å². The Morgan fingerprint density at radius 1 is 0.788 bits per heavy atom. The highest BCUT2D eigenvalue weighted by molar-refractivity contribution is 5.85.